The van der Waals surface area contributed by atoms with Crippen LogP contribution < -0.4 is 10.1 Å². The number of nitriles is 1. The van der Waals surface area contributed by atoms with Gasteiger partial charge in [0.1, 0.15) is 0 Å². The fourth-order valence-electron chi connectivity index (χ4n) is 2.84. The number of hydrogen-bond acceptors (Lipinski definition) is 4. The number of aromatic nitrogens is 1. The number of nitrogens with one attached hydrogen (secondary N) is 1. The van der Waals surface area contributed by atoms with E-state index in [4.69, 9.17) is 4.74 Å². The summed E-state index contributed by atoms with van der Waals surface area (Å²) >= 11 is 0. The lowest BCUT2D eigenvalue weighted by molar-refractivity contribution is 0.229. The zero-order valence-corrected chi connectivity index (χ0v) is 13.0. The van der Waals surface area contributed by atoms with E-state index >= 15 is 0 Å². The minimum absolute atomic E-state index is 0.114. The molecule has 2 atom stereocenters. The van der Waals surface area contributed by atoms with Crippen LogP contribution in [0.4, 0.5) is 0 Å². The second kappa shape index (κ2) is 7.99. The zero-order valence-electron chi connectivity index (χ0n) is 13.0. The predicted octanol–water partition coefficient (Wildman–Crippen LogP) is 3.43. The molecule has 2 unspecified atom stereocenters. The molecule has 114 valence electrons. The Kier molecular flexibility index (Phi) is 6.01. The molecule has 1 aromatic rings. The smallest absolute Gasteiger partial charge is 0.218 e. The van der Waals surface area contributed by atoms with Crippen molar-refractivity contribution in [3.05, 3.63) is 23.9 Å². The maximum atomic E-state index is 9.33. The van der Waals surface area contributed by atoms with Gasteiger partial charge in [-0.3, -0.25) is 0 Å². The Morgan fingerprint density at radius 1 is 1.38 bits per heavy atom. The van der Waals surface area contributed by atoms with E-state index in [9.17, 15) is 5.26 Å². The molecule has 1 saturated carbocycles. The molecule has 0 radical (unpaired) electrons. The van der Waals surface area contributed by atoms with Crippen molar-refractivity contribution in [2.24, 2.45) is 5.92 Å². The first-order valence-corrected chi connectivity index (χ1v) is 7.94. The van der Waals surface area contributed by atoms with Crippen LogP contribution in [0.25, 0.3) is 0 Å². The molecule has 1 aliphatic carbocycles. The van der Waals surface area contributed by atoms with Crippen molar-refractivity contribution in [3.8, 4) is 11.9 Å². The average Bonchev–Trinajstić information content (AvgIpc) is 2.70. The number of ether oxygens (including phenoxy) is 1. The summed E-state index contributed by atoms with van der Waals surface area (Å²) in [5.74, 6) is 0.820. The number of pyridine rings is 1. The summed E-state index contributed by atoms with van der Waals surface area (Å²) in [5, 5.41) is 12.9. The molecular formula is C17H25N3O. The third-order valence-corrected chi connectivity index (χ3v) is 3.93. The van der Waals surface area contributed by atoms with E-state index in [0.717, 1.165) is 18.4 Å². The van der Waals surface area contributed by atoms with Crippen LogP contribution in [0.3, 0.4) is 0 Å². The van der Waals surface area contributed by atoms with Gasteiger partial charge in [0.2, 0.25) is 5.88 Å². The van der Waals surface area contributed by atoms with E-state index in [1.54, 1.807) is 6.20 Å². The predicted molar refractivity (Wildman–Crippen MR) is 82.8 cm³/mol. The number of hydrogen-bond donors (Lipinski definition) is 1. The average molecular weight is 287 g/mol. The third kappa shape index (κ3) is 4.71. The van der Waals surface area contributed by atoms with Crippen LogP contribution in [0.15, 0.2) is 18.3 Å². The summed E-state index contributed by atoms with van der Waals surface area (Å²) in [4.78, 5) is 4.31. The van der Waals surface area contributed by atoms with E-state index in [0.29, 0.717) is 12.4 Å². The molecule has 1 heterocycles. The first kappa shape index (κ1) is 15.8. The molecule has 2 rings (SSSR count). The van der Waals surface area contributed by atoms with Gasteiger partial charge in [-0.05, 0) is 32.8 Å². The molecule has 0 bridgehead atoms. The van der Waals surface area contributed by atoms with Gasteiger partial charge >= 0.3 is 0 Å². The molecule has 21 heavy (non-hydrogen) atoms. The van der Waals surface area contributed by atoms with E-state index < -0.39 is 0 Å². The van der Waals surface area contributed by atoms with Crippen molar-refractivity contribution in [2.75, 3.05) is 0 Å². The summed E-state index contributed by atoms with van der Waals surface area (Å²) in [6, 6.07) is 6.72. The first-order chi connectivity index (χ1) is 10.2. The summed E-state index contributed by atoms with van der Waals surface area (Å²) in [7, 11) is 0. The van der Waals surface area contributed by atoms with Crippen LogP contribution in [-0.2, 0) is 6.54 Å². The van der Waals surface area contributed by atoms with Gasteiger partial charge in [-0.1, -0.05) is 25.3 Å². The minimum Gasteiger partial charge on any atom is -0.475 e. The van der Waals surface area contributed by atoms with Gasteiger partial charge < -0.3 is 10.1 Å². The van der Waals surface area contributed by atoms with Gasteiger partial charge in [-0.25, -0.2) is 4.98 Å². The normalized spacial score (nSPS) is 22.6. The van der Waals surface area contributed by atoms with Crippen molar-refractivity contribution in [1.29, 1.82) is 5.26 Å². The van der Waals surface area contributed by atoms with E-state index in [2.05, 4.69) is 16.4 Å². The summed E-state index contributed by atoms with van der Waals surface area (Å²) in [6.45, 7) is 4.71. The maximum absolute atomic E-state index is 9.33. The second-order valence-corrected chi connectivity index (χ2v) is 6.00. The fraction of sp³-hybridized carbons (Fsp3) is 0.647. The Bertz CT molecular complexity index is 481. The highest BCUT2D eigenvalue weighted by Crippen LogP contribution is 2.24. The first-order valence-electron chi connectivity index (χ1n) is 7.94. The Morgan fingerprint density at radius 3 is 2.95 bits per heavy atom. The van der Waals surface area contributed by atoms with Crippen LogP contribution in [0, 0.1) is 17.2 Å². The van der Waals surface area contributed by atoms with E-state index in [1.807, 2.05) is 26.0 Å². The summed E-state index contributed by atoms with van der Waals surface area (Å²) in [6.07, 6.45) is 7.58. The van der Waals surface area contributed by atoms with Crippen molar-refractivity contribution < 1.29 is 4.74 Å². The Morgan fingerprint density at radius 2 is 2.19 bits per heavy atom. The van der Waals surface area contributed by atoms with Crippen LogP contribution in [-0.4, -0.2) is 17.1 Å². The van der Waals surface area contributed by atoms with Gasteiger partial charge in [0, 0.05) is 24.3 Å². The molecule has 4 nitrogen and oxygen atoms in total. The molecular weight excluding hydrogens is 262 g/mol. The van der Waals surface area contributed by atoms with Crippen molar-refractivity contribution in [2.45, 2.75) is 64.6 Å². The Balaban J connectivity index is 2.00. The number of nitrogens with zero attached hydrogens (tertiary/aromatic N) is 2. The molecule has 1 aromatic heterocycles. The van der Waals surface area contributed by atoms with Crippen molar-refractivity contribution in [1.82, 2.24) is 10.3 Å². The molecule has 0 aromatic carbocycles. The van der Waals surface area contributed by atoms with E-state index in [-0.39, 0.29) is 18.1 Å². The second-order valence-electron chi connectivity index (χ2n) is 6.00. The topological polar surface area (TPSA) is 57.9 Å². The van der Waals surface area contributed by atoms with Crippen molar-refractivity contribution >= 4 is 0 Å². The summed E-state index contributed by atoms with van der Waals surface area (Å²) in [5.41, 5.74) is 1.06. The van der Waals surface area contributed by atoms with Crippen LogP contribution in [0.2, 0.25) is 0 Å². The fourth-order valence-corrected chi connectivity index (χ4v) is 2.84. The quantitative estimate of drug-likeness (QED) is 0.843. The molecule has 1 aliphatic rings. The van der Waals surface area contributed by atoms with Crippen LogP contribution in [0.5, 0.6) is 5.88 Å². The highest BCUT2D eigenvalue weighted by atomic mass is 16.5. The van der Waals surface area contributed by atoms with Gasteiger partial charge in [0.15, 0.2) is 0 Å². The molecule has 0 amide bonds. The standard InChI is InChI=1S/C17H25N3O/c1-13(2)21-17-15(8-6-10-19-17)12-20-16-9-5-3-4-7-14(16)11-18/h6,8,10,13-14,16,20H,3-5,7,9,12H2,1-2H3. The van der Waals surface area contributed by atoms with Crippen molar-refractivity contribution in [3.63, 3.8) is 0 Å². The lowest BCUT2D eigenvalue weighted by atomic mass is 9.96. The van der Waals surface area contributed by atoms with Crippen LogP contribution in [0.1, 0.15) is 51.5 Å². The molecule has 1 fully saturated rings. The van der Waals surface area contributed by atoms with Gasteiger partial charge in [-0.2, -0.15) is 5.26 Å². The highest BCUT2D eigenvalue weighted by Gasteiger charge is 2.23. The monoisotopic (exact) mass is 287 g/mol. The highest BCUT2D eigenvalue weighted by molar-refractivity contribution is 5.25. The van der Waals surface area contributed by atoms with Gasteiger partial charge in [-0.15, -0.1) is 0 Å². The van der Waals surface area contributed by atoms with Gasteiger partial charge in [0.05, 0.1) is 18.1 Å². The van der Waals surface area contributed by atoms with Gasteiger partial charge in [0.25, 0.3) is 0 Å². The zero-order chi connectivity index (χ0) is 15.1. The van der Waals surface area contributed by atoms with E-state index in [1.165, 1.54) is 19.3 Å². The van der Waals surface area contributed by atoms with Crippen LogP contribution >= 0.6 is 0 Å². The maximum Gasteiger partial charge on any atom is 0.218 e. The molecule has 0 aliphatic heterocycles. The Labute approximate surface area is 127 Å². The SMILES string of the molecule is CC(C)Oc1ncccc1CNC1CCCCCC1C#N. The Hall–Kier alpha value is -1.60. The summed E-state index contributed by atoms with van der Waals surface area (Å²) < 4.78 is 5.75. The number of rotatable bonds is 5. The largest absolute Gasteiger partial charge is 0.475 e. The lowest BCUT2D eigenvalue weighted by Gasteiger charge is -2.21. The molecule has 1 N–H and O–H groups in total. The third-order valence-electron chi connectivity index (χ3n) is 3.93. The minimum atomic E-state index is 0.114. The molecule has 0 saturated heterocycles. The molecule has 0 spiro atoms. The lowest BCUT2D eigenvalue weighted by Crippen LogP contribution is -2.34. The molecule has 4 heteroatoms.